The average molecular weight is 506 g/mol. The van der Waals surface area contributed by atoms with Gasteiger partial charge < -0.3 is 29.7 Å². The highest BCUT2D eigenvalue weighted by Crippen LogP contribution is 2.38. The number of aliphatic imine (C=N–C) groups is 1. The Labute approximate surface area is 186 Å². The van der Waals surface area contributed by atoms with E-state index in [0.29, 0.717) is 23.8 Å². The highest BCUT2D eigenvalue weighted by atomic mass is 127. The normalized spacial score (nSPS) is 14.4. The fourth-order valence-corrected chi connectivity index (χ4v) is 3.32. The Bertz CT molecular complexity index is 582. The molecule has 0 aromatic heterocycles. The van der Waals surface area contributed by atoms with E-state index in [1.807, 2.05) is 12.1 Å². The molecule has 1 aliphatic heterocycles. The molecule has 0 spiro atoms. The van der Waals surface area contributed by atoms with Crippen LogP contribution in [0.2, 0.25) is 0 Å². The second kappa shape index (κ2) is 13.7. The molecular weight excluding hydrogens is 471 g/mol. The SMILES string of the molecule is CN=C(NCCCCN1CCCC1)NCc1cc(OC)c(OC)c(OC)c1.I. The van der Waals surface area contributed by atoms with Crippen LogP contribution >= 0.6 is 24.0 Å². The van der Waals surface area contributed by atoms with Gasteiger partial charge in [0, 0.05) is 20.1 Å². The summed E-state index contributed by atoms with van der Waals surface area (Å²) in [5.41, 5.74) is 1.03. The van der Waals surface area contributed by atoms with Crippen LogP contribution in [0, 0.1) is 0 Å². The van der Waals surface area contributed by atoms with Crippen LogP contribution in [-0.4, -0.2) is 65.4 Å². The second-order valence-electron chi connectivity index (χ2n) is 6.64. The number of halogens is 1. The quantitative estimate of drug-likeness (QED) is 0.220. The molecule has 1 aromatic carbocycles. The maximum absolute atomic E-state index is 5.40. The molecule has 160 valence electrons. The molecule has 1 fully saturated rings. The molecule has 0 bridgehead atoms. The summed E-state index contributed by atoms with van der Waals surface area (Å²) in [7, 11) is 6.64. The van der Waals surface area contributed by atoms with Crippen LogP contribution in [0.15, 0.2) is 17.1 Å². The average Bonchev–Trinajstić information content (AvgIpc) is 3.22. The van der Waals surface area contributed by atoms with Gasteiger partial charge in [-0.1, -0.05) is 0 Å². The van der Waals surface area contributed by atoms with Crippen LogP contribution < -0.4 is 24.8 Å². The Kier molecular flexibility index (Phi) is 12.1. The summed E-state index contributed by atoms with van der Waals surface area (Å²) in [5.74, 6) is 2.70. The third-order valence-electron chi connectivity index (χ3n) is 4.80. The van der Waals surface area contributed by atoms with Gasteiger partial charge in [0.15, 0.2) is 17.5 Å². The van der Waals surface area contributed by atoms with Gasteiger partial charge in [-0.05, 0) is 63.0 Å². The van der Waals surface area contributed by atoms with Crippen molar-refractivity contribution in [2.75, 3.05) is 54.6 Å². The molecule has 1 aliphatic rings. The Morgan fingerprint density at radius 1 is 1.00 bits per heavy atom. The van der Waals surface area contributed by atoms with Gasteiger partial charge in [0.1, 0.15) is 0 Å². The number of nitrogens with one attached hydrogen (secondary N) is 2. The van der Waals surface area contributed by atoms with Gasteiger partial charge in [0.05, 0.1) is 21.3 Å². The summed E-state index contributed by atoms with van der Waals surface area (Å²) in [6.07, 6.45) is 5.07. The van der Waals surface area contributed by atoms with E-state index in [1.54, 1.807) is 28.4 Å². The molecule has 0 atom stereocenters. The summed E-state index contributed by atoms with van der Waals surface area (Å²) in [6.45, 7) is 5.28. The lowest BCUT2D eigenvalue weighted by Gasteiger charge is -2.16. The maximum Gasteiger partial charge on any atom is 0.203 e. The zero-order valence-corrected chi connectivity index (χ0v) is 19.9. The Morgan fingerprint density at radius 2 is 1.64 bits per heavy atom. The summed E-state index contributed by atoms with van der Waals surface area (Å²) in [5, 5.41) is 6.71. The van der Waals surface area contributed by atoms with Crippen molar-refractivity contribution in [2.24, 2.45) is 4.99 Å². The van der Waals surface area contributed by atoms with E-state index < -0.39 is 0 Å². The van der Waals surface area contributed by atoms with Gasteiger partial charge in [0.25, 0.3) is 0 Å². The first-order valence-electron chi connectivity index (χ1n) is 9.67. The lowest BCUT2D eigenvalue weighted by atomic mass is 10.2. The third kappa shape index (κ3) is 7.54. The molecule has 0 radical (unpaired) electrons. The zero-order valence-electron chi connectivity index (χ0n) is 17.5. The molecule has 1 aromatic rings. The molecule has 0 amide bonds. The van der Waals surface area contributed by atoms with Crippen molar-refractivity contribution in [3.8, 4) is 17.2 Å². The van der Waals surface area contributed by atoms with Crippen molar-refractivity contribution in [1.82, 2.24) is 15.5 Å². The van der Waals surface area contributed by atoms with Gasteiger partial charge in [-0.25, -0.2) is 0 Å². The van der Waals surface area contributed by atoms with Crippen LogP contribution in [0.25, 0.3) is 0 Å². The molecule has 8 heteroatoms. The molecule has 28 heavy (non-hydrogen) atoms. The number of rotatable bonds is 10. The largest absolute Gasteiger partial charge is 0.493 e. The monoisotopic (exact) mass is 506 g/mol. The minimum atomic E-state index is 0. The molecule has 2 rings (SSSR count). The van der Waals surface area contributed by atoms with E-state index in [4.69, 9.17) is 14.2 Å². The second-order valence-corrected chi connectivity index (χ2v) is 6.64. The molecule has 2 N–H and O–H groups in total. The van der Waals surface area contributed by atoms with Gasteiger partial charge in [0.2, 0.25) is 5.75 Å². The molecule has 7 nitrogen and oxygen atoms in total. The summed E-state index contributed by atoms with van der Waals surface area (Å²) < 4.78 is 16.2. The van der Waals surface area contributed by atoms with E-state index >= 15 is 0 Å². The minimum Gasteiger partial charge on any atom is -0.493 e. The number of guanidine groups is 1. The fourth-order valence-electron chi connectivity index (χ4n) is 3.32. The smallest absolute Gasteiger partial charge is 0.203 e. The number of methoxy groups -OCH3 is 3. The van der Waals surface area contributed by atoms with Gasteiger partial charge >= 0.3 is 0 Å². The van der Waals surface area contributed by atoms with Crippen LogP contribution in [0.3, 0.4) is 0 Å². The highest BCUT2D eigenvalue weighted by molar-refractivity contribution is 14.0. The van der Waals surface area contributed by atoms with Crippen LogP contribution in [0.4, 0.5) is 0 Å². The van der Waals surface area contributed by atoms with Crippen molar-refractivity contribution in [3.05, 3.63) is 17.7 Å². The van der Waals surface area contributed by atoms with Crippen LogP contribution in [-0.2, 0) is 6.54 Å². The van der Waals surface area contributed by atoms with Crippen molar-refractivity contribution in [3.63, 3.8) is 0 Å². The minimum absolute atomic E-state index is 0. The molecule has 0 aliphatic carbocycles. The first-order chi connectivity index (χ1) is 13.2. The number of unbranched alkanes of at least 4 members (excludes halogenated alkanes) is 1. The molecular formula is C20H35IN4O3. The first kappa shape index (κ1) is 24.6. The summed E-state index contributed by atoms with van der Waals surface area (Å²) >= 11 is 0. The number of benzene rings is 1. The molecule has 1 heterocycles. The predicted octanol–water partition coefficient (Wildman–Crippen LogP) is 2.87. The van der Waals surface area contributed by atoms with Crippen molar-refractivity contribution in [2.45, 2.75) is 32.2 Å². The number of nitrogens with zero attached hydrogens (tertiary/aromatic N) is 2. The standard InChI is InChI=1S/C20H34N4O3.HI/c1-21-20(22-9-5-6-10-24-11-7-8-12-24)23-15-16-13-17(25-2)19(27-4)18(14-16)26-3;/h13-14H,5-12,15H2,1-4H3,(H2,21,22,23);1H. The lowest BCUT2D eigenvalue weighted by Crippen LogP contribution is -2.37. The number of hydrogen-bond donors (Lipinski definition) is 2. The summed E-state index contributed by atoms with van der Waals surface area (Å²) in [6, 6.07) is 3.88. The van der Waals surface area contributed by atoms with E-state index in [1.165, 1.54) is 38.9 Å². The highest BCUT2D eigenvalue weighted by Gasteiger charge is 2.13. The van der Waals surface area contributed by atoms with E-state index in [-0.39, 0.29) is 24.0 Å². The topological polar surface area (TPSA) is 67.4 Å². The third-order valence-corrected chi connectivity index (χ3v) is 4.80. The van der Waals surface area contributed by atoms with E-state index in [2.05, 4.69) is 20.5 Å². The first-order valence-corrected chi connectivity index (χ1v) is 9.67. The molecule has 0 saturated carbocycles. The number of hydrogen-bond acceptors (Lipinski definition) is 5. The zero-order chi connectivity index (χ0) is 19.5. The molecule has 1 saturated heterocycles. The Hall–Kier alpha value is -1.42. The Morgan fingerprint density at radius 3 is 2.18 bits per heavy atom. The summed E-state index contributed by atoms with van der Waals surface area (Å²) in [4.78, 5) is 6.85. The number of likely N-dealkylation sites (tertiary alicyclic amines) is 1. The van der Waals surface area contributed by atoms with E-state index in [9.17, 15) is 0 Å². The number of ether oxygens (including phenoxy) is 3. The van der Waals surface area contributed by atoms with Crippen molar-refractivity contribution >= 4 is 29.9 Å². The van der Waals surface area contributed by atoms with Crippen LogP contribution in [0.5, 0.6) is 17.2 Å². The van der Waals surface area contributed by atoms with Crippen molar-refractivity contribution < 1.29 is 14.2 Å². The van der Waals surface area contributed by atoms with Crippen LogP contribution in [0.1, 0.15) is 31.2 Å². The van der Waals surface area contributed by atoms with E-state index in [0.717, 1.165) is 24.5 Å². The van der Waals surface area contributed by atoms with Gasteiger partial charge in [-0.15, -0.1) is 24.0 Å². The van der Waals surface area contributed by atoms with Gasteiger partial charge in [-0.2, -0.15) is 0 Å². The van der Waals surface area contributed by atoms with Crippen molar-refractivity contribution in [1.29, 1.82) is 0 Å². The fraction of sp³-hybridized carbons (Fsp3) is 0.650. The maximum atomic E-state index is 5.40. The van der Waals surface area contributed by atoms with Gasteiger partial charge in [-0.3, -0.25) is 4.99 Å². The lowest BCUT2D eigenvalue weighted by molar-refractivity contribution is 0.323. The Balaban J connectivity index is 0.00000392. The predicted molar refractivity (Wildman–Crippen MR) is 125 cm³/mol. The molecule has 0 unspecified atom stereocenters.